The van der Waals surface area contributed by atoms with Gasteiger partial charge in [0.05, 0.1) is 18.5 Å². The van der Waals surface area contributed by atoms with Crippen LogP contribution in [-0.4, -0.2) is 78.2 Å². The minimum absolute atomic E-state index is 0.000343. The Bertz CT molecular complexity index is 850. The van der Waals surface area contributed by atoms with Crippen molar-refractivity contribution < 1.29 is 28.7 Å². The molecule has 9 nitrogen and oxygen atoms in total. The normalized spacial score (nSPS) is 15.9. The predicted octanol–water partition coefficient (Wildman–Crippen LogP) is 4.66. The lowest BCUT2D eigenvalue weighted by molar-refractivity contribution is -0.138. The maximum Gasteiger partial charge on any atom is 0.242 e. The summed E-state index contributed by atoms with van der Waals surface area (Å²) in [6.07, 6.45) is 7.83. The van der Waals surface area contributed by atoms with Crippen molar-refractivity contribution in [1.29, 1.82) is 0 Å². The molecule has 1 saturated heterocycles. The Hall–Kier alpha value is -1.94. The number of Topliss-reactive ketones (excluding diaryl/α,β-unsaturated/α-hetero) is 1. The predicted molar refractivity (Wildman–Crippen MR) is 165 cm³/mol. The molecule has 41 heavy (non-hydrogen) atoms. The van der Waals surface area contributed by atoms with Crippen molar-refractivity contribution in [2.75, 3.05) is 38.6 Å². The van der Waals surface area contributed by atoms with Crippen molar-refractivity contribution in [3.05, 3.63) is 0 Å². The highest BCUT2D eigenvalue weighted by atomic mass is 32.2. The van der Waals surface area contributed by atoms with E-state index >= 15 is 0 Å². The van der Waals surface area contributed by atoms with Gasteiger partial charge in [-0.1, -0.05) is 60.8 Å². The van der Waals surface area contributed by atoms with Gasteiger partial charge >= 0.3 is 0 Å². The van der Waals surface area contributed by atoms with Crippen LogP contribution in [0.25, 0.3) is 0 Å². The number of ketones is 1. The van der Waals surface area contributed by atoms with Crippen LogP contribution < -0.4 is 10.6 Å². The summed E-state index contributed by atoms with van der Waals surface area (Å²) in [5, 5.41) is 5.24. The molecule has 10 heteroatoms. The molecule has 2 N–H and O–H groups in total. The van der Waals surface area contributed by atoms with Crippen LogP contribution in [-0.2, 0) is 28.7 Å². The Kier molecular flexibility index (Phi) is 17.4. The molecule has 1 heterocycles. The fourth-order valence-corrected chi connectivity index (χ4v) is 5.57. The second-order valence-corrected chi connectivity index (χ2v) is 14.7. The number of nitrogens with one attached hydrogen (secondary N) is 2. The van der Waals surface area contributed by atoms with Crippen LogP contribution in [0, 0.1) is 10.8 Å². The van der Waals surface area contributed by atoms with Gasteiger partial charge in [-0.05, 0) is 35.8 Å². The number of likely N-dealkylation sites (tertiary alicyclic amines) is 1. The van der Waals surface area contributed by atoms with Gasteiger partial charge in [-0.15, -0.1) is 11.8 Å². The van der Waals surface area contributed by atoms with Crippen molar-refractivity contribution in [3.63, 3.8) is 0 Å². The van der Waals surface area contributed by atoms with Crippen LogP contribution in [0.2, 0.25) is 0 Å². The molecule has 1 rings (SSSR count). The van der Waals surface area contributed by atoms with Crippen LogP contribution in [0.5, 0.6) is 0 Å². The first kappa shape index (κ1) is 37.1. The maximum absolute atomic E-state index is 12.6. The number of imide groups is 1. The monoisotopic (exact) mass is 597 g/mol. The Morgan fingerprint density at radius 1 is 0.829 bits per heavy atom. The summed E-state index contributed by atoms with van der Waals surface area (Å²) in [5.41, 5.74) is 0.312. The lowest BCUT2D eigenvalue weighted by Gasteiger charge is -2.17. The van der Waals surface area contributed by atoms with E-state index < -0.39 is 0 Å². The van der Waals surface area contributed by atoms with E-state index in [0.29, 0.717) is 44.2 Å². The fraction of sp³-hybridized carbons (Fsp3) is 0.839. The van der Waals surface area contributed by atoms with E-state index in [1.54, 1.807) is 11.8 Å². The quantitative estimate of drug-likeness (QED) is 0.146. The highest BCUT2D eigenvalue weighted by molar-refractivity contribution is 8.00. The molecule has 0 aromatic heterocycles. The molecule has 0 saturated carbocycles. The van der Waals surface area contributed by atoms with E-state index in [1.807, 2.05) is 20.8 Å². The molecule has 1 fully saturated rings. The van der Waals surface area contributed by atoms with Gasteiger partial charge in [0.1, 0.15) is 5.78 Å². The van der Waals surface area contributed by atoms with Gasteiger partial charge in [-0.3, -0.25) is 28.9 Å². The van der Waals surface area contributed by atoms with Crippen LogP contribution in [0.1, 0.15) is 112 Å². The van der Waals surface area contributed by atoms with Crippen molar-refractivity contribution in [1.82, 2.24) is 15.5 Å². The van der Waals surface area contributed by atoms with Gasteiger partial charge in [0, 0.05) is 51.7 Å². The number of thioether (sulfide) groups is 1. The van der Waals surface area contributed by atoms with E-state index in [1.165, 1.54) is 24.2 Å². The minimum atomic E-state index is -0.330. The SMILES string of the molecule is CC(C)(C)CCCCCCSC1CC(=O)N(CCC(=O)NCCOCCC(=O)CCCNC(=O)CC(C)(C)C)C1=O. The molecular formula is C31H55N3O6S. The average Bonchev–Trinajstić information content (AvgIpc) is 3.12. The van der Waals surface area contributed by atoms with Gasteiger partial charge in [0.15, 0.2) is 0 Å². The minimum Gasteiger partial charge on any atom is -0.379 e. The Labute approximate surface area is 252 Å². The zero-order chi connectivity index (χ0) is 30.9. The largest absolute Gasteiger partial charge is 0.379 e. The molecule has 0 bridgehead atoms. The molecule has 236 valence electrons. The number of rotatable bonds is 21. The number of ether oxygens (including phenoxy) is 1. The Balaban J connectivity index is 2.06. The number of carbonyl (C=O) groups excluding carboxylic acids is 5. The zero-order valence-electron chi connectivity index (χ0n) is 26.4. The van der Waals surface area contributed by atoms with Gasteiger partial charge in [0.2, 0.25) is 23.6 Å². The van der Waals surface area contributed by atoms with E-state index in [-0.39, 0.29) is 72.7 Å². The summed E-state index contributed by atoms with van der Waals surface area (Å²) in [7, 11) is 0. The van der Waals surface area contributed by atoms with E-state index in [0.717, 1.165) is 18.6 Å². The van der Waals surface area contributed by atoms with Crippen LogP contribution in [0.4, 0.5) is 0 Å². The summed E-state index contributed by atoms with van der Waals surface area (Å²) < 4.78 is 5.44. The summed E-state index contributed by atoms with van der Waals surface area (Å²) in [4.78, 5) is 62.1. The van der Waals surface area contributed by atoms with Gasteiger partial charge < -0.3 is 15.4 Å². The number of hydrogen-bond donors (Lipinski definition) is 2. The summed E-state index contributed by atoms with van der Waals surface area (Å²) in [6, 6.07) is 0. The zero-order valence-corrected chi connectivity index (χ0v) is 27.2. The Morgan fingerprint density at radius 3 is 2.20 bits per heavy atom. The lowest BCUT2D eigenvalue weighted by atomic mass is 9.89. The average molecular weight is 598 g/mol. The molecule has 1 atom stereocenters. The molecule has 0 aromatic rings. The molecule has 0 spiro atoms. The number of amides is 4. The van der Waals surface area contributed by atoms with Gasteiger partial charge in [-0.25, -0.2) is 0 Å². The van der Waals surface area contributed by atoms with Crippen LogP contribution in [0.3, 0.4) is 0 Å². The molecular weight excluding hydrogens is 542 g/mol. The first-order chi connectivity index (χ1) is 19.2. The van der Waals surface area contributed by atoms with E-state index in [4.69, 9.17) is 4.74 Å². The second kappa shape index (κ2) is 19.3. The van der Waals surface area contributed by atoms with Crippen molar-refractivity contribution >= 4 is 41.2 Å². The molecule has 4 amide bonds. The molecule has 0 aliphatic carbocycles. The summed E-state index contributed by atoms with van der Waals surface area (Å²) in [6.45, 7) is 14.2. The van der Waals surface area contributed by atoms with Crippen LogP contribution >= 0.6 is 11.8 Å². The highest BCUT2D eigenvalue weighted by Crippen LogP contribution is 2.27. The number of hydrogen-bond acceptors (Lipinski definition) is 7. The molecule has 0 aromatic carbocycles. The molecule has 1 aliphatic rings. The summed E-state index contributed by atoms with van der Waals surface area (Å²) in [5.74, 6) is 0.318. The maximum atomic E-state index is 12.6. The number of unbranched alkanes of at least 4 members (excludes halogenated alkanes) is 3. The first-order valence-electron chi connectivity index (χ1n) is 15.3. The van der Waals surface area contributed by atoms with E-state index in [9.17, 15) is 24.0 Å². The highest BCUT2D eigenvalue weighted by Gasteiger charge is 2.38. The topological polar surface area (TPSA) is 122 Å². The van der Waals surface area contributed by atoms with Gasteiger partial charge in [-0.2, -0.15) is 0 Å². The van der Waals surface area contributed by atoms with Crippen molar-refractivity contribution in [2.45, 2.75) is 117 Å². The third-order valence-electron chi connectivity index (χ3n) is 6.64. The van der Waals surface area contributed by atoms with Crippen molar-refractivity contribution in [2.24, 2.45) is 10.8 Å². The third kappa shape index (κ3) is 19.0. The van der Waals surface area contributed by atoms with Crippen LogP contribution in [0.15, 0.2) is 0 Å². The Morgan fingerprint density at radius 2 is 1.51 bits per heavy atom. The van der Waals surface area contributed by atoms with Crippen molar-refractivity contribution in [3.8, 4) is 0 Å². The molecule has 1 unspecified atom stereocenters. The van der Waals surface area contributed by atoms with E-state index in [2.05, 4.69) is 31.4 Å². The molecule has 1 aliphatic heterocycles. The number of carbonyl (C=O) groups is 5. The fourth-order valence-electron chi connectivity index (χ4n) is 4.39. The second-order valence-electron chi connectivity index (χ2n) is 13.4. The standard InChI is InChI=1S/C31H55N3O6S/c1-30(2,3)15-9-7-8-10-21-41-25-22-28(38)34(29(25)39)18-13-26(36)33-17-20-40-19-14-24(35)12-11-16-32-27(37)23-31(4,5)6/h25H,7-23H2,1-6H3,(H,32,37)(H,33,36). The summed E-state index contributed by atoms with van der Waals surface area (Å²) >= 11 is 1.56. The smallest absolute Gasteiger partial charge is 0.242 e. The number of nitrogens with zero attached hydrogens (tertiary/aromatic N) is 1. The first-order valence-corrected chi connectivity index (χ1v) is 16.3. The third-order valence-corrected chi connectivity index (χ3v) is 7.94. The molecule has 0 radical (unpaired) electrons. The van der Waals surface area contributed by atoms with Gasteiger partial charge in [0.25, 0.3) is 0 Å². The lowest BCUT2D eigenvalue weighted by Crippen LogP contribution is -2.36.